The Morgan fingerprint density at radius 1 is 1.16 bits per heavy atom. The standard InChI is InChI=1S/C24H22FN5O2/c25-18-5-11-21(12-6-18)32-22-4-2-1-3-16(22)14-27-24-28-15-17(13-26)23(30-24)29-19-7-9-20(31)10-8-19/h3-6,11-12,15,19-20,31H,7-10,14H2,(H2,27,28,29,30)/t19-,20+. The lowest BCUT2D eigenvalue weighted by atomic mass is 9.93. The summed E-state index contributed by atoms with van der Waals surface area (Å²) in [6, 6.07) is 17.2. The molecule has 162 valence electrons. The van der Waals surface area contributed by atoms with Crippen molar-refractivity contribution in [3.63, 3.8) is 0 Å². The Labute approximate surface area is 185 Å². The third-order valence-electron chi connectivity index (χ3n) is 5.27. The van der Waals surface area contributed by atoms with E-state index >= 15 is 0 Å². The number of halogens is 1. The van der Waals surface area contributed by atoms with Crippen LogP contribution in [0, 0.1) is 29.3 Å². The molecule has 7 nitrogen and oxygen atoms in total. The van der Waals surface area contributed by atoms with Gasteiger partial charge in [-0.15, -0.1) is 0 Å². The van der Waals surface area contributed by atoms with Crippen molar-refractivity contribution in [1.82, 2.24) is 9.97 Å². The number of nitrogens with one attached hydrogen (secondary N) is 2. The van der Waals surface area contributed by atoms with Gasteiger partial charge >= 0.3 is 0 Å². The second-order valence-electron chi connectivity index (χ2n) is 7.59. The molecule has 0 saturated heterocycles. The summed E-state index contributed by atoms with van der Waals surface area (Å²) in [6.07, 6.45) is 4.33. The fourth-order valence-electron chi connectivity index (χ4n) is 3.51. The van der Waals surface area contributed by atoms with Crippen LogP contribution in [0.4, 0.5) is 16.2 Å². The van der Waals surface area contributed by atoms with E-state index in [0.717, 1.165) is 31.2 Å². The number of hydrogen-bond donors (Lipinski definition) is 3. The second kappa shape index (κ2) is 9.95. The molecule has 1 aliphatic rings. The molecule has 0 atom stereocenters. The van der Waals surface area contributed by atoms with E-state index in [4.69, 9.17) is 4.74 Å². The van der Waals surface area contributed by atoms with Crippen molar-refractivity contribution in [1.29, 1.82) is 5.26 Å². The van der Waals surface area contributed by atoms with E-state index in [1.165, 1.54) is 18.3 Å². The quantitative estimate of drug-likeness (QED) is 0.515. The van der Waals surface area contributed by atoms with Crippen LogP contribution in [0.25, 0.3) is 0 Å². The first-order valence-corrected chi connectivity index (χ1v) is 10.4. The molecule has 1 heterocycles. The molecule has 1 saturated carbocycles. The van der Waals surface area contributed by atoms with Gasteiger partial charge in [-0.1, -0.05) is 12.1 Å². The lowest BCUT2D eigenvalue weighted by molar-refractivity contribution is 0.126. The number of benzene rings is 1. The average molecular weight is 431 g/mol. The molecule has 2 aromatic carbocycles. The number of ether oxygens (including phenoxy) is 1. The smallest absolute Gasteiger partial charge is 0.224 e. The summed E-state index contributed by atoms with van der Waals surface area (Å²) >= 11 is 0. The minimum absolute atomic E-state index is 0.156. The average Bonchev–Trinajstić information content (AvgIpc) is 2.81. The van der Waals surface area contributed by atoms with Crippen LogP contribution in [0.3, 0.4) is 0 Å². The topological polar surface area (TPSA) is 103 Å². The maximum Gasteiger partial charge on any atom is 0.224 e. The third kappa shape index (κ3) is 5.42. The summed E-state index contributed by atoms with van der Waals surface area (Å²) in [6.45, 7) is 0.350. The van der Waals surface area contributed by atoms with Gasteiger partial charge < -0.3 is 20.5 Å². The molecule has 8 heteroatoms. The fourth-order valence-corrected chi connectivity index (χ4v) is 3.51. The molecule has 3 N–H and O–H groups in total. The SMILES string of the molecule is N#Cc1cnc(NCc2cc#ccc2Oc2ccc(F)cc2)nc1N[C@H]1CC[C@@H](O)CC1. The molecular weight excluding hydrogens is 409 g/mol. The van der Waals surface area contributed by atoms with E-state index in [9.17, 15) is 14.8 Å². The van der Waals surface area contributed by atoms with Crippen molar-refractivity contribution >= 4 is 11.8 Å². The number of nitrogens with zero attached hydrogens (tertiary/aromatic N) is 3. The molecule has 1 fully saturated rings. The summed E-state index contributed by atoms with van der Waals surface area (Å²) in [5, 5.41) is 25.6. The van der Waals surface area contributed by atoms with E-state index in [1.54, 1.807) is 24.3 Å². The van der Waals surface area contributed by atoms with Gasteiger partial charge in [0.15, 0.2) is 0 Å². The maximum absolute atomic E-state index is 13.1. The zero-order valence-corrected chi connectivity index (χ0v) is 17.3. The van der Waals surface area contributed by atoms with Crippen LogP contribution in [0.1, 0.15) is 36.8 Å². The zero-order chi connectivity index (χ0) is 22.3. The highest BCUT2D eigenvalue weighted by atomic mass is 19.1. The molecule has 0 spiro atoms. The Kier molecular flexibility index (Phi) is 6.64. The number of rotatable bonds is 7. The molecule has 0 radical (unpaired) electrons. The fraction of sp³-hybridized carbons (Fsp3) is 0.292. The minimum atomic E-state index is -0.334. The van der Waals surface area contributed by atoms with Crippen molar-refractivity contribution in [2.24, 2.45) is 0 Å². The van der Waals surface area contributed by atoms with Gasteiger partial charge in [0.1, 0.15) is 34.8 Å². The van der Waals surface area contributed by atoms with Gasteiger partial charge in [0, 0.05) is 24.2 Å². The Bertz CT molecular complexity index is 1090. The van der Waals surface area contributed by atoms with Gasteiger partial charge in [-0.3, -0.25) is 0 Å². The van der Waals surface area contributed by atoms with E-state index in [1.807, 2.05) is 0 Å². The largest absolute Gasteiger partial charge is 0.456 e. The monoisotopic (exact) mass is 431 g/mol. The van der Waals surface area contributed by atoms with Crippen LogP contribution >= 0.6 is 0 Å². The first-order chi connectivity index (χ1) is 15.6. The second-order valence-corrected chi connectivity index (χ2v) is 7.59. The number of aromatic nitrogens is 2. The van der Waals surface area contributed by atoms with Crippen LogP contribution < -0.4 is 15.4 Å². The first kappa shape index (κ1) is 21.4. The minimum Gasteiger partial charge on any atom is -0.456 e. The molecule has 3 aromatic rings. The van der Waals surface area contributed by atoms with E-state index in [-0.39, 0.29) is 18.0 Å². The first-order valence-electron chi connectivity index (χ1n) is 10.4. The van der Waals surface area contributed by atoms with Crippen LogP contribution in [0.5, 0.6) is 11.5 Å². The van der Waals surface area contributed by atoms with Gasteiger partial charge in [-0.05, 0) is 56.0 Å². The van der Waals surface area contributed by atoms with E-state index < -0.39 is 0 Å². The molecular formula is C24H22FN5O2. The summed E-state index contributed by atoms with van der Waals surface area (Å²) < 4.78 is 19.0. The highest BCUT2D eigenvalue weighted by molar-refractivity contribution is 5.54. The molecule has 4 rings (SSSR count). The predicted octanol–water partition coefficient (Wildman–Crippen LogP) is 4.21. The summed E-state index contributed by atoms with van der Waals surface area (Å²) in [4.78, 5) is 8.70. The van der Waals surface area contributed by atoms with Crippen LogP contribution in [0.2, 0.25) is 0 Å². The Morgan fingerprint density at radius 2 is 1.91 bits per heavy atom. The molecule has 1 aromatic heterocycles. The van der Waals surface area contributed by atoms with Gasteiger partial charge in [0.25, 0.3) is 0 Å². The van der Waals surface area contributed by atoms with Crippen LogP contribution in [-0.4, -0.2) is 27.2 Å². The number of nitriles is 1. The molecule has 0 aliphatic heterocycles. The lowest BCUT2D eigenvalue weighted by Crippen LogP contribution is -2.29. The maximum atomic E-state index is 13.1. The van der Waals surface area contributed by atoms with Crippen molar-refractivity contribution in [2.45, 2.75) is 44.4 Å². The lowest BCUT2D eigenvalue weighted by Gasteiger charge is -2.26. The van der Waals surface area contributed by atoms with Gasteiger partial charge in [0.05, 0.1) is 12.3 Å². The van der Waals surface area contributed by atoms with Crippen LogP contribution in [0.15, 0.2) is 42.6 Å². The Morgan fingerprint density at radius 3 is 2.66 bits per heavy atom. The number of aliphatic hydroxyl groups excluding tert-OH is 1. The molecule has 1 aliphatic carbocycles. The summed E-state index contributed by atoms with van der Waals surface area (Å²) in [5.41, 5.74) is 1.15. The van der Waals surface area contributed by atoms with E-state index in [2.05, 4.69) is 38.8 Å². The molecule has 0 bridgehead atoms. The predicted molar refractivity (Wildman–Crippen MR) is 117 cm³/mol. The van der Waals surface area contributed by atoms with Crippen molar-refractivity contribution < 1.29 is 14.2 Å². The van der Waals surface area contributed by atoms with Gasteiger partial charge in [-0.2, -0.15) is 10.2 Å². The molecule has 0 amide bonds. The number of aliphatic hydroxyl groups is 1. The normalized spacial score (nSPS) is 17.7. The number of anilines is 2. The summed E-state index contributed by atoms with van der Waals surface area (Å²) in [5.74, 6) is 1.56. The third-order valence-corrected chi connectivity index (χ3v) is 5.27. The van der Waals surface area contributed by atoms with Gasteiger partial charge in [0.2, 0.25) is 5.95 Å². The summed E-state index contributed by atoms with van der Waals surface area (Å²) in [7, 11) is 0. The highest BCUT2D eigenvalue weighted by Crippen LogP contribution is 2.26. The Balaban J connectivity index is 1.45. The van der Waals surface area contributed by atoms with Crippen molar-refractivity contribution in [3.8, 4) is 17.6 Å². The Hall–Kier alpha value is -3.88. The molecule has 0 unspecified atom stereocenters. The molecule has 32 heavy (non-hydrogen) atoms. The van der Waals surface area contributed by atoms with Gasteiger partial charge in [-0.25, -0.2) is 9.37 Å². The zero-order valence-electron chi connectivity index (χ0n) is 17.3. The van der Waals surface area contributed by atoms with E-state index in [0.29, 0.717) is 35.4 Å². The van der Waals surface area contributed by atoms with Crippen molar-refractivity contribution in [2.75, 3.05) is 10.6 Å². The number of hydrogen-bond acceptors (Lipinski definition) is 7. The highest BCUT2D eigenvalue weighted by Gasteiger charge is 2.21. The van der Waals surface area contributed by atoms with Crippen molar-refractivity contribution in [3.05, 3.63) is 71.7 Å². The van der Waals surface area contributed by atoms with Crippen LogP contribution in [-0.2, 0) is 6.54 Å².